The molecule has 0 radical (unpaired) electrons. The van der Waals surface area contributed by atoms with Crippen LogP contribution in [-0.2, 0) is 20.9 Å². The van der Waals surface area contributed by atoms with Gasteiger partial charge in [-0.3, -0.25) is 14.5 Å². The number of aryl methyl sites for hydroxylation is 1. The molecule has 7 nitrogen and oxygen atoms in total. The first-order valence-corrected chi connectivity index (χ1v) is 13.3. The van der Waals surface area contributed by atoms with E-state index in [-0.39, 0.29) is 23.8 Å². The molecule has 0 unspecified atom stereocenters. The lowest BCUT2D eigenvalue weighted by atomic mass is 9.86. The highest BCUT2D eigenvalue weighted by Gasteiger charge is 2.42. The lowest BCUT2D eigenvalue weighted by Crippen LogP contribution is -2.46. The molecule has 0 aliphatic carbocycles. The van der Waals surface area contributed by atoms with Crippen molar-refractivity contribution >= 4 is 45.3 Å². The number of nitrogens with zero attached hydrogens (tertiary/aromatic N) is 3. The van der Waals surface area contributed by atoms with E-state index in [0.717, 1.165) is 54.7 Å². The molecule has 2 saturated heterocycles. The van der Waals surface area contributed by atoms with E-state index in [1.54, 1.807) is 11.3 Å². The highest BCUT2D eigenvalue weighted by atomic mass is 32.1. The summed E-state index contributed by atoms with van der Waals surface area (Å²) in [7, 11) is 0. The lowest BCUT2D eigenvalue weighted by molar-refractivity contribution is -0.125. The van der Waals surface area contributed by atoms with Crippen molar-refractivity contribution in [2.24, 2.45) is 5.92 Å². The Hall–Kier alpha value is -2.59. The number of piperidine rings is 1. The number of amides is 2. The quantitative estimate of drug-likeness (QED) is 0.545. The van der Waals surface area contributed by atoms with Gasteiger partial charge >= 0.3 is 0 Å². The standard InChI is InChI=1S/C25H28N4O3S2/c1-17-4-6-19(7-5-17)29-22(30)9-8-20(23(29)21-3-2-14-33-21)24(31)27-25-26-18(16-34-25)15-28-10-12-32-13-11-28/h2-7,14,16,20,23H,8-13,15H2,1H3,(H,26,27,31)/t20-,23+/m1/s1. The molecule has 1 aromatic carbocycles. The van der Waals surface area contributed by atoms with Crippen molar-refractivity contribution in [1.29, 1.82) is 0 Å². The highest BCUT2D eigenvalue weighted by molar-refractivity contribution is 7.14. The molecular formula is C25H28N4O3S2. The number of morpholine rings is 1. The van der Waals surface area contributed by atoms with Crippen molar-refractivity contribution in [1.82, 2.24) is 9.88 Å². The number of anilines is 2. The number of thiazole rings is 1. The molecule has 5 rings (SSSR count). The van der Waals surface area contributed by atoms with Crippen LogP contribution in [0.1, 0.15) is 35.0 Å². The Bertz CT molecular complexity index is 1120. The molecule has 4 heterocycles. The number of thiophene rings is 1. The number of aromatic nitrogens is 1. The van der Waals surface area contributed by atoms with Gasteiger partial charge in [-0.2, -0.15) is 0 Å². The summed E-state index contributed by atoms with van der Waals surface area (Å²) < 4.78 is 5.41. The number of rotatable bonds is 6. The summed E-state index contributed by atoms with van der Waals surface area (Å²) in [4.78, 5) is 36.4. The third kappa shape index (κ3) is 5.07. The van der Waals surface area contributed by atoms with Gasteiger partial charge in [0.15, 0.2) is 5.13 Å². The first kappa shape index (κ1) is 23.2. The molecule has 0 saturated carbocycles. The fourth-order valence-electron chi connectivity index (χ4n) is 4.59. The fraction of sp³-hybridized carbons (Fsp3) is 0.400. The smallest absolute Gasteiger partial charge is 0.231 e. The number of carbonyl (C=O) groups is 2. The van der Waals surface area contributed by atoms with Gasteiger partial charge in [0, 0.05) is 42.0 Å². The Morgan fingerprint density at radius 1 is 1.18 bits per heavy atom. The summed E-state index contributed by atoms with van der Waals surface area (Å²) in [6.45, 7) is 6.06. The van der Waals surface area contributed by atoms with Crippen LogP contribution in [0.3, 0.4) is 0 Å². The zero-order chi connectivity index (χ0) is 23.5. The van der Waals surface area contributed by atoms with Crippen LogP contribution in [0.2, 0.25) is 0 Å². The molecule has 2 fully saturated rings. The van der Waals surface area contributed by atoms with Gasteiger partial charge in [0.05, 0.1) is 30.9 Å². The molecular weight excluding hydrogens is 468 g/mol. The summed E-state index contributed by atoms with van der Waals surface area (Å²) in [5.41, 5.74) is 2.91. The molecule has 2 aliphatic rings. The Kier molecular flexibility index (Phi) is 7.05. The summed E-state index contributed by atoms with van der Waals surface area (Å²) in [6, 6.07) is 11.6. The van der Waals surface area contributed by atoms with Crippen LogP contribution in [0.25, 0.3) is 0 Å². The van der Waals surface area contributed by atoms with Gasteiger partial charge in [0.25, 0.3) is 0 Å². The van der Waals surface area contributed by atoms with Gasteiger partial charge in [-0.25, -0.2) is 4.98 Å². The number of benzene rings is 1. The van der Waals surface area contributed by atoms with E-state index in [0.29, 0.717) is 18.0 Å². The van der Waals surface area contributed by atoms with E-state index in [4.69, 9.17) is 4.74 Å². The van der Waals surface area contributed by atoms with E-state index in [9.17, 15) is 9.59 Å². The van der Waals surface area contributed by atoms with Crippen molar-refractivity contribution in [3.05, 3.63) is 63.3 Å². The summed E-state index contributed by atoms with van der Waals surface area (Å²) in [6.07, 6.45) is 0.857. The molecule has 34 heavy (non-hydrogen) atoms. The maximum atomic E-state index is 13.5. The molecule has 9 heteroatoms. The number of hydrogen-bond acceptors (Lipinski definition) is 7. The zero-order valence-corrected chi connectivity index (χ0v) is 20.7. The Labute approximate surface area is 207 Å². The van der Waals surface area contributed by atoms with E-state index in [2.05, 4.69) is 15.2 Å². The lowest BCUT2D eigenvalue weighted by Gasteiger charge is -2.40. The van der Waals surface area contributed by atoms with E-state index in [1.165, 1.54) is 11.3 Å². The minimum absolute atomic E-state index is 0.0494. The first-order chi connectivity index (χ1) is 16.6. The van der Waals surface area contributed by atoms with Crippen molar-refractivity contribution < 1.29 is 14.3 Å². The van der Waals surface area contributed by atoms with Crippen LogP contribution < -0.4 is 10.2 Å². The topological polar surface area (TPSA) is 74.8 Å². The van der Waals surface area contributed by atoms with Crippen molar-refractivity contribution in [3.8, 4) is 0 Å². The number of ether oxygens (including phenoxy) is 1. The maximum Gasteiger partial charge on any atom is 0.231 e. The van der Waals surface area contributed by atoms with Crippen LogP contribution in [-0.4, -0.2) is 48.0 Å². The molecule has 1 N–H and O–H groups in total. The molecule has 3 aromatic rings. The average molecular weight is 497 g/mol. The normalized spacial score (nSPS) is 21.6. The largest absolute Gasteiger partial charge is 0.379 e. The van der Waals surface area contributed by atoms with E-state index >= 15 is 0 Å². The first-order valence-electron chi connectivity index (χ1n) is 11.6. The van der Waals surface area contributed by atoms with Gasteiger partial charge in [0.1, 0.15) is 0 Å². The molecule has 178 valence electrons. The van der Waals surface area contributed by atoms with Crippen molar-refractivity contribution in [3.63, 3.8) is 0 Å². The number of hydrogen-bond donors (Lipinski definition) is 1. The van der Waals surface area contributed by atoms with E-state index in [1.807, 2.05) is 59.0 Å². The second-order valence-electron chi connectivity index (χ2n) is 8.73. The number of carbonyl (C=O) groups excluding carboxylic acids is 2. The third-order valence-electron chi connectivity index (χ3n) is 6.35. The molecule has 2 aliphatic heterocycles. The summed E-state index contributed by atoms with van der Waals surface area (Å²) in [5, 5.41) is 7.66. The Balaban J connectivity index is 1.35. The van der Waals surface area contributed by atoms with Crippen LogP contribution in [0.15, 0.2) is 47.2 Å². The van der Waals surface area contributed by atoms with Crippen LogP contribution in [0, 0.1) is 12.8 Å². The predicted octanol–water partition coefficient (Wildman–Crippen LogP) is 4.47. The maximum absolute atomic E-state index is 13.5. The average Bonchev–Trinajstić information content (AvgIpc) is 3.53. The van der Waals surface area contributed by atoms with E-state index < -0.39 is 0 Å². The Morgan fingerprint density at radius 2 is 1.97 bits per heavy atom. The SMILES string of the molecule is Cc1ccc(N2C(=O)CC[C@@H](C(=O)Nc3nc(CN4CCOCC4)cs3)[C@H]2c2cccs2)cc1. The third-order valence-corrected chi connectivity index (χ3v) is 8.10. The minimum Gasteiger partial charge on any atom is -0.379 e. The van der Waals surface area contributed by atoms with Gasteiger partial charge in [-0.1, -0.05) is 23.8 Å². The van der Waals surface area contributed by atoms with Gasteiger partial charge in [0.2, 0.25) is 11.8 Å². The fourth-order valence-corrected chi connectivity index (χ4v) is 6.17. The summed E-state index contributed by atoms with van der Waals surface area (Å²) >= 11 is 3.03. The second kappa shape index (κ2) is 10.4. The predicted molar refractivity (Wildman–Crippen MR) is 135 cm³/mol. The van der Waals surface area contributed by atoms with Gasteiger partial charge < -0.3 is 15.0 Å². The van der Waals surface area contributed by atoms with Crippen LogP contribution >= 0.6 is 22.7 Å². The van der Waals surface area contributed by atoms with Crippen molar-refractivity contribution in [2.75, 3.05) is 36.5 Å². The Morgan fingerprint density at radius 3 is 2.71 bits per heavy atom. The molecule has 2 aromatic heterocycles. The molecule has 2 atom stereocenters. The van der Waals surface area contributed by atoms with Gasteiger partial charge in [-0.05, 0) is 36.9 Å². The van der Waals surface area contributed by atoms with Crippen LogP contribution in [0.4, 0.5) is 10.8 Å². The highest BCUT2D eigenvalue weighted by Crippen LogP contribution is 2.42. The monoisotopic (exact) mass is 496 g/mol. The van der Waals surface area contributed by atoms with Gasteiger partial charge in [-0.15, -0.1) is 22.7 Å². The number of nitrogens with one attached hydrogen (secondary N) is 1. The molecule has 2 amide bonds. The molecule has 0 bridgehead atoms. The van der Waals surface area contributed by atoms with Crippen LogP contribution in [0.5, 0.6) is 0 Å². The summed E-state index contributed by atoms with van der Waals surface area (Å²) in [5.74, 6) is -0.395. The van der Waals surface area contributed by atoms with Crippen molar-refractivity contribution in [2.45, 2.75) is 32.4 Å². The minimum atomic E-state index is -0.357. The molecule has 0 spiro atoms. The second-order valence-corrected chi connectivity index (χ2v) is 10.6. The zero-order valence-electron chi connectivity index (χ0n) is 19.1.